The molecule has 0 aromatic carbocycles. The van der Waals surface area contributed by atoms with Gasteiger partial charge in [-0.15, -0.1) is 0 Å². The predicted octanol–water partition coefficient (Wildman–Crippen LogP) is 2.14. The van der Waals surface area contributed by atoms with Gasteiger partial charge >= 0.3 is 0 Å². The number of nitrogens with two attached hydrogens (primary N) is 1. The fraction of sp³-hybridized carbons (Fsp3) is 0.316. The summed E-state index contributed by atoms with van der Waals surface area (Å²) in [4.78, 5) is 21.2. The molecule has 4 aromatic heterocycles. The van der Waals surface area contributed by atoms with Crippen molar-refractivity contribution in [3.63, 3.8) is 0 Å². The van der Waals surface area contributed by atoms with E-state index in [0.717, 1.165) is 34.5 Å². The van der Waals surface area contributed by atoms with Gasteiger partial charge in [-0.2, -0.15) is 10.2 Å². The molecule has 0 spiro atoms. The Morgan fingerprint density at radius 3 is 2.64 bits per heavy atom. The first-order valence-electron chi connectivity index (χ1n) is 9.17. The summed E-state index contributed by atoms with van der Waals surface area (Å²) in [5.74, 6) is 0.0824. The van der Waals surface area contributed by atoms with Gasteiger partial charge in [-0.1, -0.05) is 0 Å². The number of hydrogen-bond acceptors (Lipinski definition) is 5. The van der Waals surface area contributed by atoms with Gasteiger partial charge in [0.15, 0.2) is 5.82 Å². The topological polar surface area (TPSA) is 109 Å². The number of aryl methyl sites for hydroxylation is 4. The number of carbonyl (C=O) groups is 1. The van der Waals surface area contributed by atoms with E-state index in [4.69, 9.17) is 10.7 Å². The summed E-state index contributed by atoms with van der Waals surface area (Å²) in [5.41, 5.74) is 9.76. The highest BCUT2D eigenvalue weighted by Crippen LogP contribution is 2.30. The molecule has 2 N–H and O–H groups in total. The summed E-state index contributed by atoms with van der Waals surface area (Å²) in [6.45, 7) is 7.50. The van der Waals surface area contributed by atoms with Crippen molar-refractivity contribution >= 4 is 16.8 Å². The highest BCUT2D eigenvalue weighted by molar-refractivity contribution is 5.99. The van der Waals surface area contributed by atoms with Crippen molar-refractivity contribution in [3.05, 3.63) is 35.9 Å². The lowest BCUT2D eigenvalue weighted by Crippen LogP contribution is -2.14. The Bertz CT molecular complexity index is 1200. The van der Waals surface area contributed by atoms with E-state index in [-0.39, 0.29) is 5.69 Å². The monoisotopic (exact) mass is 378 g/mol. The van der Waals surface area contributed by atoms with E-state index >= 15 is 0 Å². The van der Waals surface area contributed by atoms with Crippen LogP contribution in [-0.4, -0.2) is 40.0 Å². The molecule has 0 aliphatic rings. The van der Waals surface area contributed by atoms with Gasteiger partial charge in [0, 0.05) is 31.7 Å². The predicted molar refractivity (Wildman–Crippen MR) is 106 cm³/mol. The fourth-order valence-corrected chi connectivity index (χ4v) is 3.40. The van der Waals surface area contributed by atoms with Gasteiger partial charge in [0.1, 0.15) is 17.1 Å². The average molecular weight is 378 g/mol. The maximum atomic E-state index is 11.8. The minimum Gasteiger partial charge on any atom is -0.364 e. The summed E-state index contributed by atoms with van der Waals surface area (Å²) in [6.07, 6.45) is 3.72. The molecule has 0 radical (unpaired) electrons. The number of nitrogens with zero attached hydrogens (tertiary/aromatic N) is 7. The van der Waals surface area contributed by atoms with Gasteiger partial charge in [-0.05, 0) is 32.9 Å². The van der Waals surface area contributed by atoms with Gasteiger partial charge in [-0.3, -0.25) is 14.2 Å². The SMILES string of the molecule is CCn1cc(-c2cc(C)nn2CC)nc1-c1nc(C(N)=O)cc2c1cnn2C. The second kappa shape index (κ2) is 6.59. The van der Waals surface area contributed by atoms with Crippen molar-refractivity contribution in [1.29, 1.82) is 0 Å². The first-order chi connectivity index (χ1) is 13.4. The van der Waals surface area contributed by atoms with Crippen LogP contribution in [0.4, 0.5) is 0 Å². The Kier molecular flexibility index (Phi) is 4.21. The molecule has 0 unspecified atom stereocenters. The number of pyridine rings is 1. The first kappa shape index (κ1) is 17.9. The van der Waals surface area contributed by atoms with Crippen LogP contribution in [-0.2, 0) is 20.1 Å². The number of rotatable bonds is 5. The zero-order chi connectivity index (χ0) is 20.0. The molecular weight excluding hydrogens is 356 g/mol. The molecule has 0 bridgehead atoms. The number of imidazole rings is 1. The molecule has 144 valence electrons. The molecule has 4 rings (SSSR count). The van der Waals surface area contributed by atoms with Crippen LogP contribution < -0.4 is 5.73 Å². The van der Waals surface area contributed by atoms with Crippen LogP contribution >= 0.6 is 0 Å². The van der Waals surface area contributed by atoms with E-state index in [9.17, 15) is 4.79 Å². The largest absolute Gasteiger partial charge is 0.364 e. The van der Waals surface area contributed by atoms with Gasteiger partial charge in [0.25, 0.3) is 5.91 Å². The molecule has 0 fully saturated rings. The molecule has 9 heteroatoms. The zero-order valence-corrected chi connectivity index (χ0v) is 16.3. The van der Waals surface area contributed by atoms with Crippen LogP contribution in [0.3, 0.4) is 0 Å². The van der Waals surface area contributed by atoms with Crippen molar-refractivity contribution in [1.82, 2.24) is 34.1 Å². The average Bonchev–Trinajstić information content (AvgIpc) is 3.37. The van der Waals surface area contributed by atoms with Gasteiger partial charge in [0.05, 0.1) is 23.1 Å². The van der Waals surface area contributed by atoms with Crippen LogP contribution in [0, 0.1) is 6.92 Å². The lowest BCUT2D eigenvalue weighted by atomic mass is 10.2. The van der Waals surface area contributed by atoms with Crippen LogP contribution in [0.5, 0.6) is 0 Å². The molecule has 1 amide bonds. The zero-order valence-electron chi connectivity index (χ0n) is 16.3. The van der Waals surface area contributed by atoms with E-state index in [1.807, 2.05) is 49.3 Å². The fourth-order valence-electron chi connectivity index (χ4n) is 3.40. The molecule has 4 heterocycles. The van der Waals surface area contributed by atoms with Gasteiger partial charge < -0.3 is 10.3 Å². The molecule has 0 saturated carbocycles. The molecule has 9 nitrogen and oxygen atoms in total. The molecule has 0 aliphatic carbocycles. The van der Waals surface area contributed by atoms with E-state index in [0.29, 0.717) is 18.1 Å². The Morgan fingerprint density at radius 2 is 1.96 bits per heavy atom. The smallest absolute Gasteiger partial charge is 0.267 e. The van der Waals surface area contributed by atoms with Gasteiger partial charge in [0.2, 0.25) is 0 Å². The molecule has 4 aromatic rings. The maximum Gasteiger partial charge on any atom is 0.267 e. The van der Waals surface area contributed by atoms with Crippen molar-refractivity contribution in [2.45, 2.75) is 33.9 Å². The van der Waals surface area contributed by atoms with E-state index in [1.165, 1.54) is 0 Å². The molecular formula is C19H22N8O. The van der Waals surface area contributed by atoms with E-state index < -0.39 is 5.91 Å². The lowest BCUT2D eigenvalue weighted by molar-refractivity contribution is 0.0996. The first-order valence-corrected chi connectivity index (χ1v) is 9.17. The summed E-state index contributed by atoms with van der Waals surface area (Å²) in [6, 6.07) is 3.67. The third-order valence-electron chi connectivity index (χ3n) is 4.79. The Labute approximate surface area is 161 Å². The summed E-state index contributed by atoms with van der Waals surface area (Å²) >= 11 is 0. The molecule has 0 atom stereocenters. The summed E-state index contributed by atoms with van der Waals surface area (Å²) < 4.78 is 5.63. The minimum atomic E-state index is -0.584. The number of amides is 1. The maximum absolute atomic E-state index is 11.8. The van der Waals surface area contributed by atoms with Crippen LogP contribution in [0.2, 0.25) is 0 Å². The van der Waals surface area contributed by atoms with Crippen LogP contribution in [0.15, 0.2) is 24.5 Å². The third kappa shape index (κ3) is 2.75. The van der Waals surface area contributed by atoms with E-state index in [1.54, 1.807) is 16.9 Å². The van der Waals surface area contributed by atoms with E-state index in [2.05, 4.69) is 15.2 Å². The normalized spacial score (nSPS) is 11.4. The molecule has 0 aliphatic heterocycles. The number of aromatic nitrogens is 7. The highest BCUT2D eigenvalue weighted by Gasteiger charge is 2.20. The molecule has 0 saturated heterocycles. The Morgan fingerprint density at radius 1 is 1.18 bits per heavy atom. The lowest BCUT2D eigenvalue weighted by Gasteiger charge is -2.07. The quantitative estimate of drug-likeness (QED) is 0.572. The number of fused-ring (bicyclic) bond motifs is 1. The second-order valence-corrected chi connectivity index (χ2v) is 6.64. The third-order valence-corrected chi connectivity index (χ3v) is 4.79. The van der Waals surface area contributed by atoms with Crippen molar-refractivity contribution < 1.29 is 4.79 Å². The van der Waals surface area contributed by atoms with Crippen molar-refractivity contribution in [2.24, 2.45) is 12.8 Å². The number of carbonyl (C=O) groups excluding carboxylic acids is 1. The highest BCUT2D eigenvalue weighted by atomic mass is 16.1. The van der Waals surface area contributed by atoms with Crippen molar-refractivity contribution in [3.8, 4) is 22.9 Å². The Hall–Kier alpha value is -3.49. The number of hydrogen-bond donors (Lipinski definition) is 1. The minimum absolute atomic E-state index is 0.188. The second-order valence-electron chi connectivity index (χ2n) is 6.64. The summed E-state index contributed by atoms with van der Waals surface area (Å²) in [7, 11) is 1.82. The summed E-state index contributed by atoms with van der Waals surface area (Å²) in [5, 5.41) is 9.64. The number of primary amides is 1. The van der Waals surface area contributed by atoms with Crippen LogP contribution in [0.1, 0.15) is 30.0 Å². The van der Waals surface area contributed by atoms with Gasteiger partial charge in [-0.25, -0.2) is 9.97 Å². The molecule has 28 heavy (non-hydrogen) atoms. The van der Waals surface area contributed by atoms with Crippen molar-refractivity contribution in [2.75, 3.05) is 0 Å². The van der Waals surface area contributed by atoms with Crippen LogP contribution in [0.25, 0.3) is 33.8 Å². The Balaban J connectivity index is 1.97. The standard InChI is InChI=1S/C19H22N8O/c1-5-26-10-14(16-7-11(3)24-27(16)6-2)23-19(26)17-12-9-21-25(4)15(12)8-13(22-17)18(20)28/h7-10H,5-6H2,1-4H3,(H2,20,28).